The summed E-state index contributed by atoms with van der Waals surface area (Å²) in [6.45, 7) is 9.79. The molecule has 2 rings (SSSR count). The Hall–Kier alpha value is -1.32. The Morgan fingerprint density at radius 1 is 1.43 bits per heavy atom. The number of carbonyl (C=O) groups is 1. The molecular weight excluding hydrogens is 264 g/mol. The van der Waals surface area contributed by atoms with Gasteiger partial charge in [0.05, 0.1) is 5.92 Å². The summed E-state index contributed by atoms with van der Waals surface area (Å²) in [6, 6.07) is 0. The Morgan fingerprint density at radius 3 is 2.71 bits per heavy atom. The zero-order valence-electron chi connectivity index (χ0n) is 13.7. The smallest absolute Gasteiger partial charge is 0.306 e. The van der Waals surface area contributed by atoms with E-state index in [-0.39, 0.29) is 17.3 Å². The van der Waals surface area contributed by atoms with Crippen LogP contribution in [-0.2, 0) is 17.8 Å². The molecule has 4 heteroatoms. The number of carboxylic acid groups (broad SMARTS) is 1. The number of nitrogens with zero attached hydrogens (tertiary/aromatic N) is 2. The molecule has 0 aliphatic heterocycles. The number of aromatic nitrogens is 2. The van der Waals surface area contributed by atoms with Gasteiger partial charge in [0.2, 0.25) is 0 Å². The highest BCUT2D eigenvalue weighted by Crippen LogP contribution is 2.43. The Labute approximate surface area is 127 Å². The first kappa shape index (κ1) is 16.1. The van der Waals surface area contributed by atoms with Crippen LogP contribution >= 0.6 is 0 Å². The van der Waals surface area contributed by atoms with Gasteiger partial charge in [-0.1, -0.05) is 20.8 Å². The van der Waals surface area contributed by atoms with Gasteiger partial charge in [-0.2, -0.15) is 0 Å². The quantitative estimate of drug-likeness (QED) is 0.922. The normalized spacial score (nSPS) is 26.8. The summed E-state index contributed by atoms with van der Waals surface area (Å²) in [5, 5.41) is 9.53. The highest BCUT2D eigenvalue weighted by Gasteiger charge is 2.39. The topological polar surface area (TPSA) is 55.1 Å². The monoisotopic (exact) mass is 292 g/mol. The van der Waals surface area contributed by atoms with E-state index in [2.05, 4.69) is 37.2 Å². The maximum atomic E-state index is 11.6. The highest BCUT2D eigenvalue weighted by atomic mass is 16.4. The average molecular weight is 292 g/mol. The van der Waals surface area contributed by atoms with E-state index in [1.165, 1.54) is 0 Å². The number of hydrogen-bond donors (Lipinski definition) is 1. The predicted octanol–water partition coefficient (Wildman–Crippen LogP) is 3.61. The minimum Gasteiger partial charge on any atom is -0.481 e. The third-order valence-corrected chi connectivity index (χ3v) is 5.11. The summed E-state index contributed by atoms with van der Waals surface area (Å²) < 4.78 is 2.12. The van der Waals surface area contributed by atoms with E-state index in [0.717, 1.165) is 38.1 Å². The van der Waals surface area contributed by atoms with Crippen LogP contribution < -0.4 is 0 Å². The Morgan fingerprint density at radius 2 is 2.14 bits per heavy atom. The second-order valence-electron chi connectivity index (χ2n) is 7.41. The second-order valence-corrected chi connectivity index (χ2v) is 7.41. The molecule has 21 heavy (non-hydrogen) atoms. The van der Waals surface area contributed by atoms with Gasteiger partial charge in [0.25, 0.3) is 0 Å². The molecule has 1 heterocycles. The van der Waals surface area contributed by atoms with Crippen LogP contribution in [0.4, 0.5) is 0 Å². The van der Waals surface area contributed by atoms with Gasteiger partial charge in [-0.05, 0) is 43.4 Å². The summed E-state index contributed by atoms with van der Waals surface area (Å²) in [6.07, 6.45) is 7.41. The van der Waals surface area contributed by atoms with Crippen molar-refractivity contribution in [1.29, 1.82) is 0 Å². The first-order valence-corrected chi connectivity index (χ1v) is 8.05. The molecule has 1 aliphatic rings. The molecule has 0 amide bonds. The zero-order valence-corrected chi connectivity index (χ0v) is 13.7. The molecule has 1 aliphatic carbocycles. The number of carboxylic acids is 1. The van der Waals surface area contributed by atoms with Crippen LogP contribution in [-0.4, -0.2) is 20.6 Å². The van der Waals surface area contributed by atoms with Crippen molar-refractivity contribution < 1.29 is 9.90 Å². The molecule has 3 unspecified atom stereocenters. The molecule has 0 saturated heterocycles. The SMILES string of the molecule is CCn1ccnc1CC1CC(C(C)(C)C)CCC1C(=O)O. The molecule has 3 atom stereocenters. The fourth-order valence-electron chi connectivity index (χ4n) is 3.65. The van der Waals surface area contributed by atoms with E-state index in [9.17, 15) is 9.90 Å². The largest absolute Gasteiger partial charge is 0.481 e. The van der Waals surface area contributed by atoms with Crippen molar-refractivity contribution >= 4 is 5.97 Å². The summed E-state index contributed by atoms with van der Waals surface area (Å²) in [4.78, 5) is 16.0. The summed E-state index contributed by atoms with van der Waals surface area (Å²) in [5.74, 6) is 0.979. The molecule has 118 valence electrons. The molecular formula is C17H28N2O2. The first-order chi connectivity index (χ1) is 9.82. The molecule has 0 bridgehead atoms. The number of aliphatic carboxylic acids is 1. The maximum Gasteiger partial charge on any atom is 0.306 e. The molecule has 0 spiro atoms. The third-order valence-electron chi connectivity index (χ3n) is 5.11. The number of hydrogen-bond acceptors (Lipinski definition) is 2. The van der Waals surface area contributed by atoms with Crippen LogP contribution in [0.5, 0.6) is 0 Å². The molecule has 1 N–H and O–H groups in total. The summed E-state index contributed by atoms with van der Waals surface area (Å²) in [7, 11) is 0. The highest BCUT2D eigenvalue weighted by molar-refractivity contribution is 5.70. The third kappa shape index (κ3) is 3.66. The van der Waals surface area contributed by atoms with Crippen molar-refractivity contribution in [2.75, 3.05) is 0 Å². The lowest BCUT2D eigenvalue weighted by atomic mass is 9.65. The number of rotatable bonds is 4. The van der Waals surface area contributed by atoms with Crippen LogP contribution in [0, 0.1) is 23.2 Å². The first-order valence-electron chi connectivity index (χ1n) is 8.05. The predicted molar refractivity (Wildman–Crippen MR) is 83.0 cm³/mol. The van der Waals surface area contributed by atoms with Gasteiger partial charge in [-0.15, -0.1) is 0 Å². The van der Waals surface area contributed by atoms with Crippen LogP contribution in [0.3, 0.4) is 0 Å². The van der Waals surface area contributed by atoms with Crippen molar-refractivity contribution in [3.63, 3.8) is 0 Å². The molecule has 0 aromatic carbocycles. The van der Waals surface area contributed by atoms with Crippen LogP contribution in [0.25, 0.3) is 0 Å². The van der Waals surface area contributed by atoms with Crippen LogP contribution in [0.15, 0.2) is 12.4 Å². The summed E-state index contributed by atoms with van der Waals surface area (Å²) >= 11 is 0. The van der Waals surface area contributed by atoms with Crippen molar-refractivity contribution in [3.8, 4) is 0 Å². The minimum atomic E-state index is -0.637. The van der Waals surface area contributed by atoms with Crippen LogP contribution in [0.1, 0.15) is 52.8 Å². The summed E-state index contributed by atoms with van der Waals surface area (Å²) in [5.41, 5.74) is 0.252. The van der Waals surface area contributed by atoms with E-state index in [0.29, 0.717) is 5.92 Å². The number of imidazole rings is 1. The molecule has 0 radical (unpaired) electrons. The van der Waals surface area contributed by atoms with Crippen LogP contribution in [0.2, 0.25) is 0 Å². The standard InChI is InChI=1S/C17H28N2O2/c1-5-19-9-8-18-15(19)11-12-10-13(17(2,3)4)6-7-14(12)16(20)21/h8-9,12-14H,5-7,10-11H2,1-4H3,(H,20,21). The minimum absolute atomic E-state index is 0.202. The Kier molecular flexibility index (Phi) is 4.74. The van der Waals surface area contributed by atoms with E-state index in [1.54, 1.807) is 0 Å². The van der Waals surface area contributed by atoms with Crippen molar-refractivity contribution in [2.24, 2.45) is 23.2 Å². The fourth-order valence-corrected chi connectivity index (χ4v) is 3.65. The van der Waals surface area contributed by atoms with Crippen molar-refractivity contribution in [2.45, 2.75) is 59.9 Å². The van der Waals surface area contributed by atoms with E-state index in [1.807, 2.05) is 12.4 Å². The van der Waals surface area contributed by atoms with Gasteiger partial charge in [0.15, 0.2) is 0 Å². The molecule has 1 aromatic rings. The lowest BCUT2D eigenvalue weighted by Crippen LogP contribution is -2.36. The Bertz CT molecular complexity index is 487. The number of aryl methyl sites for hydroxylation is 1. The van der Waals surface area contributed by atoms with Gasteiger partial charge in [0.1, 0.15) is 5.82 Å². The van der Waals surface area contributed by atoms with Gasteiger partial charge < -0.3 is 9.67 Å². The van der Waals surface area contributed by atoms with Gasteiger partial charge in [-0.25, -0.2) is 4.98 Å². The van der Waals surface area contributed by atoms with E-state index in [4.69, 9.17) is 0 Å². The van der Waals surface area contributed by atoms with E-state index >= 15 is 0 Å². The fraction of sp³-hybridized carbons (Fsp3) is 0.765. The van der Waals surface area contributed by atoms with Crippen molar-refractivity contribution in [3.05, 3.63) is 18.2 Å². The average Bonchev–Trinajstić information content (AvgIpc) is 2.84. The molecule has 1 saturated carbocycles. The van der Waals surface area contributed by atoms with Gasteiger partial charge >= 0.3 is 5.97 Å². The maximum absolute atomic E-state index is 11.6. The Balaban J connectivity index is 2.16. The second kappa shape index (κ2) is 6.20. The van der Waals surface area contributed by atoms with Gasteiger partial charge in [-0.3, -0.25) is 4.79 Å². The van der Waals surface area contributed by atoms with E-state index < -0.39 is 5.97 Å². The lowest BCUT2D eigenvalue weighted by molar-refractivity contribution is -0.146. The molecule has 1 aromatic heterocycles. The van der Waals surface area contributed by atoms with Crippen molar-refractivity contribution in [1.82, 2.24) is 9.55 Å². The molecule has 1 fully saturated rings. The van der Waals surface area contributed by atoms with Gasteiger partial charge in [0, 0.05) is 25.4 Å². The molecule has 4 nitrogen and oxygen atoms in total. The zero-order chi connectivity index (χ0) is 15.6. The lowest BCUT2D eigenvalue weighted by Gasteiger charge is -2.40.